The third-order valence-corrected chi connectivity index (χ3v) is 5.97. The van der Waals surface area contributed by atoms with Crippen LogP contribution in [0, 0.1) is 0 Å². The van der Waals surface area contributed by atoms with Crippen LogP contribution < -0.4 is 9.80 Å². The Bertz CT molecular complexity index is 442. The van der Waals surface area contributed by atoms with Crippen molar-refractivity contribution >= 4 is 11.4 Å². The van der Waals surface area contributed by atoms with Crippen molar-refractivity contribution in [3.05, 3.63) is 24.3 Å². The molecule has 1 aliphatic heterocycles. The summed E-state index contributed by atoms with van der Waals surface area (Å²) in [5.74, 6) is 0. The van der Waals surface area contributed by atoms with Crippen molar-refractivity contribution in [2.45, 2.75) is 104 Å². The normalized spacial score (nSPS) is 13.4. The predicted octanol–water partition coefficient (Wildman–Crippen LogP) is 7.77. The molecule has 0 atom stereocenters. The first kappa shape index (κ1) is 22.1. The van der Waals surface area contributed by atoms with Gasteiger partial charge < -0.3 is 9.80 Å². The summed E-state index contributed by atoms with van der Waals surface area (Å²) in [7, 11) is 0. The zero-order chi connectivity index (χ0) is 19.2. The SMILES string of the molecule is CCCCCCCCCN1CN(CCCCCCCCC)c2ccccc21. The largest absolute Gasteiger partial charge is 0.352 e. The molecule has 2 rings (SSSR count). The van der Waals surface area contributed by atoms with E-state index in [4.69, 9.17) is 0 Å². The van der Waals surface area contributed by atoms with Gasteiger partial charge in [-0.05, 0) is 25.0 Å². The summed E-state index contributed by atoms with van der Waals surface area (Å²) < 4.78 is 0. The first-order valence-corrected chi connectivity index (χ1v) is 12.0. The van der Waals surface area contributed by atoms with Gasteiger partial charge in [-0.25, -0.2) is 0 Å². The van der Waals surface area contributed by atoms with Crippen LogP contribution in [0.15, 0.2) is 24.3 Å². The van der Waals surface area contributed by atoms with E-state index in [1.165, 1.54) is 114 Å². The first-order valence-electron chi connectivity index (χ1n) is 12.0. The van der Waals surface area contributed by atoms with Crippen LogP contribution >= 0.6 is 0 Å². The zero-order valence-corrected chi connectivity index (χ0v) is 18.2. The van der Waals surface area contributed by atoms with Crippen molar-refractivity contribution in [1.82, 2.24) is 0 Å². The molecule has 1 aromatic rings. The van der Waals surface area contributed by atoms with Gasteiger partial charge in [-0.3, -0.25) is 0 Å². The van der Waals surface area contributed by atoms with Crippen LogP contribution in [0.25, 0.3) is 0 Å². The van der Waals surface area contributed by atoms with E-state index in [0.29, 0.717) is 0 Å². The average Bonchev–Trinajstić information content (AvgIpc) is 3.04. The molecule has 0 N–H and O–H groups in total. The van der Waals surface area contributed by atoms with Gasteiger partial charge in [0.1, 0.15) is 0 Å². The van der Waals surface area contributed by atoms with Crippen LogP contribution in [0.3, 0.4) is 0 Å². The number of benzene rings is 1. The second kappa shape index (κ2) is 13.9. The van der Waals surface area contributed by atoms with Gasteiger partial charge in [0.15, 0.2) is 0 Å². The zero-order valence-electron chi connectivity index (χ0n) is 18.2. The highest BCUT2D eigenvalue weighted by atomic mass is 15.4. The van der Waals surface area contributed by atoms with Crippen LogP contribution in [-0.2, 0) is 0 Å². The van der Waals surface area contributed by atoms with Crippen LogP contribution in [0.1, 0.15) is 104 Å². The summed E-state index contributed by atoms with van der Waals surface area (Å²) in [5.41, 5.74) is 2.93. The number of anilines is 2. The summed E-state index contributed by atoms with van der Waals surface area (Å²) in [6, 6.07) is 9.05. The molecule has 0 radical (unpaired) electrons. The van der Waals surface area contributed by atoms with Crippen molar-refractivity contribution in [3.63, 3.8) is 0 Å². The molecular weight excluding hydrogens is 328 g/mol. The quantitative estimate of drug-likeness (QED) is 0.273. The van der Waals surface area contributed by atoms with E-state index in [-0.39, 0.29) is 0 Å². The smallest absolute Gasteiger partial charge is 0.0904 e. The van der Waals surface area contributed by atoms with Crippen LogP contribution in [0.2, 0.25) is 0 Å². The summed E-state index contributed by atoms with van der Waals surface area (Å²) >= 11 is 0. The summed E-state index contributed by atoms with van der Waals surface area (Å²) in [4.78, 5) is 5.23. The van der Waals surface area contributed by atoms with Crippen LogP contribution in [0.5, 0.6) is 0 Å². The van der Waals surface area contributed by atoms with E-state index in [1.54, 1.807) is 0 Å². The Hall–Kier alpha value is -1.18. The number of hydrogen-bond acceptors (Lipinski definition) is 2. The van der Waals surface area contributed by atoms with E-state index in [9.17, 15) is 0 Å². The maximum absolute atomic E-state index is 2.61. The number of hydrogen-bond donors (Lipinski definition) is 0. The van der Waals surface area contributed by atoms with E-state index in [2.05, 4.69) is 47.9 Å². The molecule has 0 bridgehead atoms. The second-order valence-electron chi connectivity index (χ2n) is 8.40. The molecule has 0 spiro atoms. The fraction of sp³-hybridized carbons (Fsp3) is 0.760. The third-order valence-electron chi connectivity index (χ3n) is 5.97. The molecular formula is C25H44N2. The maximum atomic E-state index is 2.61. The van der Waals surface area contributed by atoms with Crippen LogP contribution in [-0.4, -0.2) is 19.8 Å². The van der Waals surface area contributed by atoms with Gasteiger partial charge in [0.2, 0.25) is 0 Å². The minimum atomic E-state index is 1.10. The molecule has 0 aliphatic carbocycles. The topological polar surface area (TPSA) is 6.48 Å². The molecule has 1 aromatic carbocycles. The van der Waals surface area contributed by atoms with Crippen molar-refractivity contribution in [3.8, 4) is 0 Å². The lowest BCUT2D eigenvalue weighted by Crippen LogP contribution is -2.32. The molecule has 2 nitrogen and oxygen atoms in total. The molecule has 0 aromatic heterocycles. The minimum Gasteiger partial charge on any atom is -0.352 e. The summed E-state index contributed by atoms with van der Waals surface area (Å²) in [5, 5.41) is 0. The molecule has 1 aliphatic rings. The fourth-order valence-electron chi connectivity index (χ4n) is 4.26. The lowest BCUT2D eigenvalue weighted by atomic mass is 10.1. The van der Waals surface area contributed by atoms with Gasteiger partial charge in [-0.2, -0.15) is 0 Å². The Morgan fingerprint density at radius 2 is 0.926 bits per heavy atom. The number of unbranched alkanes of at least 4 members (excludes halogenated alkanes) is 12. The number of nitrogens with zero attached hydrogens (tertiary/aromatic N) is 2. The summed E-state index contributed by atoms with van der Waals surface area (Å²) in [6.45, 7) is 8.13. The Morgan fingerprint density at radius 3 is 1.33 bits per heavy atom. The Labute approximate surface area is 169 Å². The van der Waals surface area contributed by atoms with E-state index < -0.39 is 0 Å². The summed E-state index contributed by atoms with van der Waals surface area (Å²) in [6.07, 6.45) is 19.5. The number of para-hydroxylation sites is 2. The van der Waals surface area contributed by atoms with E-state index in [0.717, 1.165) is 6.67 Å². The molecule has 0 unspecified atom stereocenters. The van der Waals surface area contributed by atoms with Crippen molar-refractivity contribution in [1.29, 1.82) is 0 Å². The van der Waals surface area contributed by atoms with Crippen molar-refractivity contribution in [2.24, 2.45) is 0 Å². The van der Waals surface area contributed by atoms with Gasteiger partial charge in [0.05, 0.1) is 18.0 Å². The monoisotopic (exact) mass is 372 g/mol. The predicted molar refractivity (Wildman–Crippen MR) is 122 cm³/mol. The lowest BCUT2D eigenvalue weighted by Gasteiger charge is -2.22. The Balaban J connectivity index is 1.66. The van der Waals surface area contributed by atoms with E-state index >= 15 is 0 Å². The molecule has 0 saturated heterocycles. The molecule has 27 heavy (non-hydrogen) atoms. The molecule has 0 amide bonds. The van der Waals surface area contributed by atoms with Gasteiger partial charge in [-0.15, -0.1) is 0 Å². The molecule has 0 fully saturated rings. The maximum Gasteiger partial charge on any atom is 0.0904 e. The molecule has 154 valence electrons. The molecule has 0 saturated carbocycles. The van der Waals surface area contributed by atoms with Gasteiger partial charge in [-0.1, -0.05) is 103 Å². The highest BCUT2D eigenvalue weighted by Gasteiger charge is 2.24. The van der Waals surface area contributed by atoms with E-state index in [1.807, 2.05) is 0 Å². The molecule has 1 heterocycles. The Kier molecular flexibility index (Phi) is 11.4. The number of rotatable bonds is 16. The minimum absolute atomic E-state index is 1.10. The first-order chi connectivity index (χ1) is 13.4. The van der Waals surface area contributed by atoms with Gasteiger partial charge in [0.25, 0.3) is 0 Å². The lowest BCUT2D eigenvalue weighted by molar-refractivity contribution is 0.575. The third kappa shape index (κ3) is 8.15. The highest BCUT2D eigenvalue weighted by Crippen LogP contribution is 2.35. The average molecular weight is 373 g/mol. The van der Waals surface area contributed by atoms with Gasteiger partial charge >= 0.3 is 0 Å². The highest BCUT2D eigenvalue weighted by molar-refractivity contribution is 5.76. The molecule has 2 heteroatoms. The van der Waals surface area contributed by atoms with Crippen molar-refractivity contribution in [2.75, 3.05) is 29.6 Å². The standard InChI is InChI=1S/C25H44N2/c1-3-5-7-9-11-13-17-21-26-23-27(25-20-16-15-19-24(25)26)22-18-14-12-10-8-6-4-2/h15-16,19-20H,3-14,17-18,21-23H2,1-2H3. The number of fused-ring (bicyclic) bond motifs is 1. The van der Waals surface area contributed by atoms with Crippen LogP contribution in [0.4, 0.5) is 11.4 Å². The Morgan fingerprint density at radius 1 is 0.556 bits per heavy atom. The fourth-order valence-corrected chi connectivity index (χ4v) is 4.26. The van der Waals surface area contributed by atoms with Crippen molar-refractivity contribution < 1.29 is 0 Å². The second-order valence-corrected chi connectivity index (χ2v) is 8.40. The van der Waals surface area contributed by atoms with Gasteiger partial charge in [0, 0.05) is 13.1 Å².